The van der Waals surface area contributed by atoms with E-state index in [9.17, 15) is 14.7 Å². The highest BCUT2D eigenvalue weighted by molar-refractivity contribution is 5.79. The number of hydrogen-bond acceptors (Lipinski definition) is 4. The van der Waals surface area contributed by atoms with E-state index >= 15 is 0 Å². The lowest BCUT2D eigenvalue weighted by Crippen LogP contribution is -2.37. The van der Waals surface area contributed by atoms with Gasteiger partial charge in [-0.2, -0.15) is 0 Å². The van der Waals surface area contributed by atoms with Crippen LogP contribution in [0.15, 0.2) is 48.5 Å². The molecule has 0 fully saturated rings. The second-order valence-electron chi connectivity index (χ2n) is 8.79. The minimum atomic E-state index is -1.06. The third kappa shape index (κ3) is 6.07. The van der Waals surface area contributed by atoms with Gasteiger partial charge in [-0.05, 0) is 55.9 Å². The van der Waals surface area contributed by atoms with Gasteiger partial charge in [0, 0.05) is 19.1 Å². The van der Waals surface area contributed by atoms with Gasteiger partial charge in [0.05, 0.1) is 5.60 Å². The zero-order valence-electron chi connectivity index (χ0n) is 18.5. The Morgan fingerprint density at radius 3 is 2.10 bits per heavy atom. The van der Waals surface area contributed by atoms with Crippen LogP contribution in [-0.2, 0) is 14.3 Å². The Morgan fingerprint density at radius 1 is 0.968 bits per heavy atom. The van der Waals surface area contributed by atoms with Crippen LogP contribution in [-0.4, -0.2) is 54.0 Å². The molecule has 0 atom stereocenters. The van der Waals surface area contributed by atoms with Crippen LogP contribution in [0.25, 0.3) is 11.1 Å². The molecule has 0 radical (unpaired) electrons. The Hall–Kier alpha value is -2.86. The maximum atomic E-state index is 12.7. The summed E-state index contributed by atoms with van der Waals surface area (Å²) in [6.45, 7) is 6.64. The molecule has 1 amide bonds. The van der Waals surface area contributed by atoms with Crippen molar-refractivity contribution in [3.05, 3.63) is 59.7 Å². The van der Waals surface area contributed by atoms with Crippen molar-refractivity contribution in [3.8, 4) is 11.1 Å². The fourth-order valence-corrected chi connectivity index (χ4v) is 3.87. The smallest absolute Gasteiger partial charge is 0.410 e. The van der Waals surface area contributed by atoms with Crippen LogP contribution >= 0.6 is 0 Å². The molecule has 0 spiro atoms. The van der Waals surface area contributed by atoms with Gasteiger partial charge in [0.1, 0.15) is 13.2 Å². The minimum Gasteiger partial charge on any atom is -0.480 e. The quantitative estimate of drug-likeness (QED) is 0.577. The summed E-state index contributed by atoms with van der Waals surface area (Å²) >= 11 is 0. The number of ether oxygens (including phenoxy) is 2. The van der Waals surface area contributed by atoms with E-state index in [2.05, 4.69) is 24.3 Å². The summed E-state index contributed by atoms with van der Waals surface area (Å²) < 4.78 is 11.3. The average molecular weight is 426 g/mol. The molecule has 1 aliphatic rings. The molecule has 31 heavy (non-hydrogen) atoms. The lowest BCUT2D eigenvalue weighted by atomic mass is 9.98. The summed E-state index contributed by atoms with van der Waals surface area (Å²) in [6, 6.07) is 16.2. The number of unbranched alkanes of at least 4 members (excludes halogenated alkanes) is 1. The normalized spacial score (nSPS) is 12.9. The van der Waals surface area contributed by atoms with Gasteiger partial charge in [0.25, 0.3) is 0 Å². The summed E-state index contributed by atoms with van der Waals surface area (Å²) in [5.41, 5.74) is 4.34. The molecule has 3 rings (SSSR count). The first-order valence-electron chi connectivity index (χ1n) is 10.7. The summed E-state index contributed by atoms with van der Waals surface area (Å²) in [5.74, 6) is -1.11. The van der Waals surface area contributed by atoms with E-state index in [4.69, 9.17) is 9.47 Å². The van der Waals surface area contributed by atoms with E-state index in [0.717, 1.165) is 28.7 Å². The molecule has 6 heteroatoms. The standard InChI is InChI=1S/C25H31NO5/c1-25(2,3)31-15-9-8-14-26(16-23(27)28)24(29)30-17-22-20-12-6-4-10-18(20)19-11-5-7-13-21(19)22/h4-7,10-13,22H,8-9,14-17H2,1-3H3,(H,27,28). The zero-order chi connectivity index (χ0) is 22.4. The van der Waals surface area contributed by atoms with Gasteiger partial charge >= 0.3 is 12.1 Å². The van der Waals surface area contributed by atoms with Gasteiger partial charge in [-0.25, -0.2) is 4.79 Å². The van der Waals surface area contributed by atoms with Gasteiger partial charge in [-0.15, -0.1) is 0 Å². The van der Waals surface area contributed by atoms with Gasteiger partial charge in [-0.3, -0.25) is 9.69 Å². The predicted molar refractivity (Wildman–Crippen MR) is 119 cm³/mol. The molecule has 0 aliphatic heterocycles. The molecule has 166 valence electrons. The SMILES string of the molecule is CC(C)(C)OCCCCN(CC(=O)O)C(=O)OCC1c2ccccc2-c2ccccc21. The lowest BCUT2D eigenvalue weighted by molar-refractivity contribution is -0.138. The van der Waals surface area contributed by atoms with Crippen LogP contribution in [0.1, 0.15) is 50.7 Å². The number of rotatable bonds is 9. The van der Waals surface area contributed by atoms with Crippen molar-refractivity contribution >= 4 is 12.1 Å². The number of carboxylic acid groups (broad SMARTS) is 1. The van der Waals surface area contributed by atoms with Crippen molar-refractivity contribution in [1.82, 2.24) is 4.90 Å². The van der Waals surface area contributed by atoms with E-state index in [1.165, 1.54) is 4.90 Å². The topological polar surface area (TPSA) is 76.1 Å². The minimum absolute atomic E-state index is 0.0526. The van der Waals surface area contributed by atoms with Crippen LogP contribution in [0.2, 0.25) is 0 Å². The molecule has 0 aromatic heterocycles. The monoisotopic (exact) mass is 425 g/mol. The van der Waals surface area contributed by atoms with Crippen molar-refractivity contribution in [1.29, 1.82) is 0 Å². The molecule has 1 N–H and O–H groups in total. The van der Waals surface area contributed by atoms with Gasteiger partial charge < -0.3 is 14.6 Å². The number of benzene rings is 2. The Balaban J connectivity index is 1.60. The Bertz CT molecular complexity index is 873. The number of amides is 1. The van der Waals surface area contributed by atoms with Crippen LogP contribution in [0.3, 0.4) is 0 Å². The number of carbonyl (C=O) groups is 2. The first kappa shape index (κ1) is 22.8. The van der Waals surface area contributed by atoms with Crippen LogP contribution < -0.4 is 0 Å². The maximum absolute atomic E-state index is 12.7. The number of carboxylic acids is 1. The van der Waals surface area contributed by atoms with E-state index in [-0.39, 0.29) is 24.7 Å². The molecule has 2 aromatic rings. The first-order chi connectivity index (χ1) is 14.8. The number of carbonyl (C=O) groups excluding carboxylic acids is 1. The van der Waals surface area contributed by atoms with E-state index in [0.29, 0.717) is 19.6 Å². The van der Waals surface area contributed by atoms with Crippen LogP contribution in [0.4, 0.5) is 4.79 Å². The number of aliphatic carboxylic acids is 1. The van der Waals surface area contributed by atoms with Crippen LogP contribution in [0, 0.1) is 0 Å². The zero-order valence-corrected chi connectivity index (χ0v) is 18.5. The molecule has 6 nitrogen and oxygen atoms in total. The fourth-order valence-electron chi connectivity index (χ4n) is 3.87. The second-order valence-corrected chi connectivity index (χ2v) is 8.79. The molecule has 0 saturated heterocycles. The third-order valence-corrected chi connectivity index (χ3v) is 5.28. The fraction of sp³-hybridized carbons (Fsp3) is 0.440. The molecule has 2 aromatic carbocycles. The van der Waals surface area contributed by atoms with Gasteiger partial charge in [0.15, 0.2) is 0 Å². The summed E-state index contributed by atoms with van der Waals surface area (Å²) in [5, 5.41) is 9.21. The highest BCUT2D eigenvalue weighted by Crippen LogP contribution is 2.44. The van der Waals surface area contributed by atoms with E-state index in [1.54, 1.807) is 0 Å². The Labute approximate surface area is 183 Å². The molecular formula is C25H31NO5. The Kier molecular flexibility index (Phi) is 7.33. The second kappa shape index (κ2) is 9.96. The Morgan fingerprint density at radius 2 is 1.55 bits per heavy atom. The van der Waals surface area contributed by atoms with Crippen molar-refractivity contribution in [3.63, 3.8) is 0 Å². The molecule has 0 saturated carbocycles. The molecule has 0 heterocycles. The number of hydrogen-bond donors (Lipinski definition) is 1. The molecule has 0 bridgehead atoms. The van der Waals surface area contributed by atoms with Crippen molar-refractivity contribution < 1.29 is 24.2 Å². The van der Waals surface area contributed by atoms with E-state index in [1.807, 2.05) is 45.0 Å². The van der Waals surface area contributed by atoms with Crippen LogP contribution in [0.5, 0.6) is 0 Å². The summed E-state index contributed by atoms with van der Waals surface area (Å²) in [7, 11) is 0. The number of nitrogens with zero attached hydrogens (tertiary/aromatic N) is 1. The van der Waals surface area contributed by atoms with Crippen molar-refractivity contribution in [2.24, 2.45) is 0 Å². The first-order valence-corrected chi connectivity index (χ1v) is 10.7. The third-order valence-electron chi connectivity index (χ3n) is 5.28. The molecule has 1 aliphatic carbocycles. The lowest BCUT2D eigenvalue weighted by Gasteiger charge is -2.23. The highest BCUT2D eigenvalue weighted by atomic mass is 16.6. The van der Waals surface area contributed by atoms with Crippen molar-refractivity contribution in [2.45, 2.75) is 45.1 Å². The van der Waals surface area contributed by atoms with Gasteiger partial charge in [0.2, 0.25) is 0 Å². The molecule has 0 unspecified atom stereocenters. The number of fused-ring (bicyclic) bond motifs is 3. The summed E-state index contributed by atoms with van der Waals surface area (Å²) in [4.78, 5) is 25.2. The predicted octanol–water partition coefficient (Wildman–Crippen LogP) is 4.92. The highest BCUT2D eigenvalue weighted by Gasteiger charge is 2.30. The maximum Gasteiger partial charge on any atom is 0.410 e. The van der Waals surface area contributed by atoms with Crippen molar-refractivity contribution in [2.75, 3.05) is 26.3 Å². The average Bonchev–Trinajstić information content (AvgIpc) is 3.04. The van der Waals surface area contributed by atoms with E-state index < -0.39 is 12.1 Å². The summed E-state index contributed by atoms with van der Waals surface area (Å²) in [6.07, 6.45) is 0.790. The molecular weight excluding hydrogens is 394 g/mol. The largest absolute Gasteiger partial charge is 0.480 e. The van der Waals surface area contributed by atoms with Gasteiger partial charge in [-0.1, -0.05) is 48.5 Å².